The molecule has 0 aliphatic heterocycles. The van der Waals surface area contributed by atoms with Gasteiger partial charge in [-0.15, -0.1) is 0 Å². The average Bonchev–Trinajstić information content (AvgIpc) is 2.45. The Balaban J connectivity index is 2.15. The summed E-state index contributed by atoms with van der Waals surface area (Å²) < 4.78 is 11.5. The molecule has 0 amide bonds. The molecule has 5 heteroatoms. The predicted molar refractivity (Wildman–Crippen MR) is 85.6 cm³/mol. The normalized spacial score (nSPS) is 10.8. The highest BCUT2D eigenvalue weighted by Crippen LogP contribution is 2.23. The van der Waals surface area contributed by atoms with Crippen molar-refractivity contribution in [2.75, 3.05) is 19.8 Å². The van der Waals surface area contributed by atoms with Crippen molar-refractivity contribution in [3.8, 4) is 0 Å². The summed E-state index contributed by atoms with van der Waals surface area (Å²) in [7, 11) is 0. The fourth-order valence-electron chi connectivity index (χ4n) is 2.02. The number of nitrogens with zero attached hydrogens (tertiary/aromatic N) is 1. The molecule has 1 aromatic carbocycles. The van der Waals surface area contributed by atoms with Crippen LogP contribution in [0.2, 0.25) is 0 Å². The molecule has 0 fully saturated rings. The van der Waals surface area contributed by atoms with E-state index in [1.165, 1.54) is 0 Å². The molecule has 1 heterocycles. The molecule has 0 atom stereocenters. The van der Waals surface area contributed by atoms with Gasteiger partial charge in [-0.3, -0.25) is 4.98 Å². The molecule has 0 radical (unpaired) electrons. The Morgan fingerprint density at radius 3 is 2.81 bits per heavy atom. The third-order valence-electron chi connectivity index (χ3n) is 2.93. The Kier molecular flexibility index (Phi) is 5.70. The van der Waals surface area contributed by atoms with E-state index in [1.807, 2.05) is 32.0 Å². The third-order valence-corrected chi connectivity index (χ3v) is 3.42. The van der Waals surface area contributed by atoms with Gasteiger partial charge in [-0.1, -0.05) is 28.9 Å². The first-order valence-corrected chi connectivity index (χ1v) is 7.73. The zero-order valence-electron chi connectivity index (χ0n) is 12.2. The zero-order valence-corrected chi connectivity index (χ0v) is 13.8. The van der Waals surface area contributed by atoms with Crippen LogP contribution in [0.15, 0.2) is 28.7 Å². The smallest absolute Gasteiger partial charge is 0.338 e. The Hall–Kier alpha value is -1.46. The van der Waals surface area contributed by atoms with Crippen molar-refractivity contribution in [1.82, 2.24) is 4.98 Å². The molecule has 0 saturated carbocycles. The molecule has 112 valence electrons. The van der Waals surface area contributed by atoms with E-state index in [0.29, 0.717) is 18.8 Å². The predicted octanol–water partition coefficient (Wildman–Crippen LogP) is 3.89. The molecule has 0 saturated heterocycles. The molecule has 0 N–H and O–H groups in total. The second kappa shape index (κ2) is 7.52. The van der Waals surface area contributed by atoms with Crippen molar-refractivity contribution in [3.05, 3.63) is 40.0 Å². The maximum absolute atomic E-state index is 12.2. The lowest BCUT2D eigenvalue weighted by molar-refractivity contribution is 0.0320. The molecule has 4 nitrogen and oxygen atoms in total. The fourth-order valence-corrected chi connectivity index (χ4v) is 2.37. The lowest BCUT2D eigenvalue weighted by Crippen LogP contribution is -2.12. The first kappa shape index (κ1) is 15.9. The minimum atomic E-state index is -0.340. The van der Waals surface area contributed by atoms with Crippen LogP contribution < -0.4 is 0 Å². The molecule has 2 rings (SSSR count). The SMILES string of the molecule is CCCOCCOC(=O)c1cc(C)nc2cc(Br)ccc12. The zero-order chi connectivity index (χ0) is 15.2. The lowest BCUT2D eigenvalue weighted by atomic mass is 10.1. The molecular formula is C16H18BrNO3. The van der Waals surface area contributed by atoms with Gasteiger partial charge in [0.1, 0.15) is 6.61 Å². The molecule has 0 unspecified atom stereocenters. The highest BCUT2D eigenvalue weighted by Gasteiger charge is 2.13. The van der Waals surface area contributed by atoms with E-state index in [0.717, 1.165) is 27.5 Å². The quantitative estimate of drug-likeness (QED) is 0.585. The van der Waals surface area contributed by atoms with Crippen LogP contribution in [0.5, 0.6) is 0 Å². The van der Waals surface area contributed by atoms with Crippen molar-refractivity contribution in [3.63, 3.8) is 0 Å². The molecule has 1 aromatic heterocycles. The Bertz CT molecular complexity index is 637. The van der Waals surface area contributed by atoms with E-state index in [4.69, 9.17) is 9.47 Å². The van der Waals surface area contributed by atoms with Gasteiger partial charge in [-0.25, -0.2) is 4.79 Å². The first-order chi connectivity index (χ1) is 10.1. The van der Waals surface area contributed by atoms with E-state index >= 15 is 0 Å². The number of carbonyl (C=O) groups is 1. The summed E-state index contributed by atoms with van der Waals surface area (Å²) in [6.45, 7) is 5.27. The van der Waals surface area contributed by atoms with E-state index in [2.05, 4.69) is 20.9 Å². The number of aromatic nitrogens is 1. The minimum absolute atomic E-state index is 0.262. The van der Waals surface area contributed by atoms with Gasteiger partial charge < -0.3 is 9.47 Å². The second-order valence-electron chi connectivity index (χ2n) is 4.72. The second-order valence-corrected chi connectivity index (χ2v) is 5.64. The number of carbonyl (C=O) groups excluding carboxylic acids is 1. The van der Waals surface area contributed by atoms with Crippen LogP contribution in [0.3, 0.4) is 0 Å². The third kappa shape index (κ3) is 4.25. The van der Waals surface area contributed by atoms with Crippen LogP contribution in [-0.4, -0.2) is 30.8 Å². The van der Waals surface area contributed by atoms with Crippen LogP contribution in [0.25, 0.3) is 10.9 Å². The summed E-state index contributed by atoms with van der Waals surface area (Å²) in [6, 6.07) is 7.41. The van der Waals surface area contributed by atoms with Crippen molar-refractivity contribution in [2.45, 2.75) is 20.3 Å². The Labute approximate surface area is 132 Å². The van der Waals surface area contributed by atoms with Crippen molar-refractivity contribution in [2.24, 2.45) is 0 Å². The molecular weight excluding hydrogens is 334 g/mol. The highest BCUT2D eigenvalue weighted by molar-refractivity contribution is 9.10. The summed E-state index contributed by atoms with van der Waals surface area (Å²) in [5.74, 6) is -0.340. The summed E-state index contributed by atoms with van der Waals surface area (Å²) in [6.07, 6.45) is 0.955. The van der Waals surface area contributed by atoms with Gasteiger partial charge >= 0.3 is 5.97 Å². The van der Waals surface area contributed by atoms with Gasteiger partial charge in [0.2, 0.25) is 0 Å². The van der Waals surface area contributed by atoms with Gasteiger partial charge in [0, 0.05) is 22.2 Å². The van der Waals surface area contributed by atoms with E-state index in [1.54, 1.807) is 6.07 Å². The van der Waals surface area contributed by atoms with Crippen LogP contribution in [0.1, 0.15) is 29.4 Å². The van der Waals surface area contributed by atoms with Crippen LogP contribution >= 0.6 is 15.9 Å². The van der Waals surface area contributed by atoms with Crippen LogP contribution in [-0.2, 0) is 9.47 Å². The average molecular weight is 352 g/mol. The number of aryl methyl sites for hydroxylation is 1. The van der Waals surface area contributed by atoms with Crippen molar-refractivity contribution >= 4 is 32.8 Å². The van der Waals surface area contributed by atoms with Gasteiger partial charge in [0.15, 0.2) is 0 Å². The summed E-state index contributed by atoms with van der Waals surface area (Å²) in [5.41, 5.74) is 2.11. The molecule has 2 aromatic rings. The number of rotatable bonds is 6. The summed E-state index contributed by atoms with van der Waals surface area (Å²) in [4.78, 5) is 16.6. The molecule has 21 heavy (non-hydrogen) atoms. The maximum atomic E-state index is 12.2. The van der Waals surface area contributed by atoms with Gasteiger partial charge in [0.05, 0.1) is 17.7 Å². The summed E-state index contributed by atoms with van der Waals surface area (Å²) in [5, 5.41) is 0.795. The number of esters is 1. The minimum Gasteiger partial charge on any atom is -0.460 e. The number of hydrogen-bond donors (Lipinski definition) is 0. The fraction of sp³-hybridized carbons (Fsp3) is 0.375. The standard InChI is InChI=1S/C16H18BrNO3/c1-3-6-20-7-8-21-16(19)14-9-11(2)18-15-10-12(17)4-5-13(14)15/h4-5,9-10H,3,6-8H2,1-2H3. The molecule has 0 spiro atoms. The van der Waals surface area contributed by atoms with Gasteiger partial charge in [-0.05, 0) is 31.5 Å². The molecule has 0 aliphatic rings. The number of halogens is 1. The van der Waals surface area contributed by atoms with E-state index in [9.17, 15) is 4.79 Å². The number of fused-ring (bicyclic) bond motifs is 1. The Morgan fingerprint density at radius 1 is 1.24 bits per heavy atom. The Morgan fingerprint density at radius 2 is 2.05 bits per heavy atom. The topological polar surface area (TPSA) is 48.4 Å². The number of benzene rings is 1. The van der Waals surface area contributed by atoms with E-state index in [-0.39, 0.29) is 12.6 Å². The molecule has 0 aliphatic carbocycles. The largest absolute Gasteiger partial charge is 0.460 e. The number of hydrogen-bond acceptors (Lipinski definition) is 4. The lowest BCUT2D eigenvalue weighted by Gasteiger charge is -2.09. The van der Waals surface area contributed by atoms with E-state index < -0.39 is 0 Å². The van der Waals surface area contributed by atoms with Crippen molar-refractivity contribution < 1.29 is 14.3 Å². The van der Waals surface area contributed by atoms with Gasteiger partial charge in [0.25, 0.3) is 0 Å². The number of pyridine rings is 1. The van der Waals surface area contributed by atoms with Crippen molar-refractivity contribution in [1.29, 1.82) is 0 Å². The summed E-state index contributed by atoms with van der Waals surface area (Å²) >= 11 is 3.41. The monoisotopic (exact) mass is 351 g/mol. The highest BCUT2D eigenvalue weighted by atomic mass is 79.9. The van der Waals surface area contributed by atoms with Crippen LogP contribution in [0.4, 0.5) is 0 Å². The van der Waals surface area contributed by atoms with Gasteiger partial charge in [-0.2, -0.15) is 0 Å². The number of ether oxygens (including phenoxy) is 2. The van der Waals surface area contributed by atoms with Crippen LogP contribution in [0, 0.1) is 6.92 Å². The maximum Gasteiger partial charge on any atom is 0.338 e. The molecule has 0 bridgehead atoms. The first-order valence-electron chi connectivity index (χ1n) is 6.93.